The molecule has 0 aromatic carbocycles. The number of aliphatic hydroxyl groups is 1. The van der Waals surface area contributed by atoms with Crippen molar-refractivity contribution < 1.29 is 5.11 Å². The zero-order valence-corrected chi connectivity index (χ0v) is 3.94. The van der Waals surface area contributed by atoms with Crippen molar-refractivity contribution in [3.63, 3.8) is 0 Å². The van der Waals surface area contributed by atoms with Gasteiger partial charge < -0.3 is 5.11 Å². The van der Waals surface area contributed by atoms with Crippen molar-refractivity contribution in [3.8, 4) is 0 Å². The Balaban J connectivity index is 3.14. The summed E-state index contributed by atoms with van der Waals surface area (Å²) in [7, 11) is 0. The Labute approximate surface area is 38.3 Å². The van der Waals surface area contributed by atoms with Crippen LogP contribution in [-0.2, 0) is 0 Å². The first-order valence-corrected chi connectivity index (χ1v) is 1.87. The van der Waals surface area contributed by atoms with Gasteiger partial charge in [0.1, 0.15) is 0 Å². The maximum absolute atomic E-state index is 8.12. The molecule has 0 spiro atoms. The molecule has 1 radical (unpaired) electrons. The van der Waals surface area contributed by atoms with Crippen molar-refractivity contribution in [2.24, 2.45) is 0 Å². The normalized spacial score (nSPS) is 12.2. The summed E-state index contributed by atoms with van der Waals surface area (Å²) in [6.07, 6.45) is 1.65. The van der Waals surface area contributed by atoms with Crippen LogP contribution in [0.25, 0.3) is 0 Å². The summed E-state index contributed by atoms with van der Waals surface area (Å²) in [5.41, 5.74) is 0.914. The summed E-state index contributed by atoms with van der Waals surface area (Å²) in [6.45, 7) is 5.48. The summed E-state index contributed by atoms with van der Waals surface area (Å²) in [6, 6.07) is 0. The van der Waals surface area contributed by atoms with Gasteiger partial charge in [-0.1, -0.05) is 11.6 Å². The minimum atomic E-state index is 0.106. The molecule has 0 fully saturated rings. The van der Waals surface area contributed by atoms with Crippen molar-refractivity contribution in [1.29, 1.82) is 0 Å². The molecule has 6 heavy (non-hydrogen) atoms. The van der Waals surface area contributed by atoms with Crippen LogP contribution in [0, 0.1) is 6.92 Å². The fourth-order valence-electron chi connectivity index (χ4n) is 0.156. The molecule has 0 heterocycles. The quantitative estimate of drug-likeness (QED) is 0.498. The fourth-order valence-corrected chi connectivity index (χ4v) is 0.156. The average Bonchev–Trinajstić information content (AvgIpc) is 1.35. The van der Waals surface area contributed by atoms with Crippen LogP contribution in [0.4, 0.5) is 0 Å². The molecule has 1 N–H and O–H groups in total. The fraction of sp³-hybridized carbons (Fsp3) is 0.400. The van der Waals surface area contributed by atoms with Crippen LogP contribution < -0.4 is 0 Å². The van der Waals surface area contributed by atoms with Crippen molar-refractivity contribution in [1.82, 2.24) is 0 Å². The van der Waals surface area contributed by atoms with Gasteiger partial charge in [-0.3, -0.25) is 0 Å². The van der Waals surface area contributed by atoms with Gasteiger partial charge in [0.25, 0.3) is 0 Å². The molecule has 1 heteroatoms. The standard InChI is InChI=1S/C5H9O/c1-5(2)3-4-6/h3,6H,1,4H2,2H3/b5-3-. The predicted octanol–water partition coefficient (Wildman–Crippen LogP) is 0.759. The Hall–Kier alpha value is -0.300. The Bertz CT molecular complexity index is 51.0. The average molecular weight is 85.1 g/mol. The van der Waals surface area contributed by atoms with Gasteiger partial charge in [0.05, 0.1) is 6.61 Å². The SMILES string of the molecule is [CH2]/C(C)=C/CO. The molecule has 0 rings (SSSR count). The highest BCUT2D eigenvalue weighted by atomic mass is 16.2. The first kappa shape index (κ1) is 5.70. The first-order chi connectivity index (χ1) is 2.77. The van der Waals surface area contributed by atoms with Crippen molar-refractivity contribution in [2.75, 3.05) is 6.61 Å². The lowest BCUT2D eigenvalue weighted by atomic mass is 10.3. The topological polar surface area (TPSA) is 20.2 Å². The third kappa shape index (κ3) is 3.70. The summed E-state index contributed by atoms with van der Waals surface area (Å²) in [5, 5.41) is 8.12. The molecular weight excluding hydrogens is 76.1 g/mol. The van der Waals surface area contributed by atoms with Crippen LogP contribution in [0.15, 0.2) is 11.6 Å². The molecule has 1 nitrogen and oxygen atoms in total. The molecule has 0 aliphatic carbocycles. The van der Waals surface area contributed by atoms with Gasteiger partial charge in [-0.2, -0.15) is 0 Å². The lowest BCUT2D eigenvalue weighted by Crippen LogP contribution is -1.72. The number of aliphatic hydroxyl groups excluding tert-OH is 1. The minimum absolute atomic E-state index is 0.106. The van der Waals surface area contributed by atoms with Crippen LogP contribution >= 0.6 is 0 Å². The molecule has 0 bridgehead atoms. The van der Waals surface area contributed by atoms with Gasteiger partial charge in [-0.25, -0.2) is 0 Å². The van der Waals surface area contributed by atoms with E-state index in [1.807, 2.05) is 6.92 Å². The zero-order chi connectivity index (χ0) is 4.99. The van der Waals surface area contributed by atoms with Crippen molar-refractivity contribution in [3.05, 3.63) is 18.6 Å². The second kappa shape index (κ2) is 2.91. The van der Waals surface area contributed by atoms with E-state index in [1.54, 1.807) is 6.08 Å². The molecule has 0 atom stereocenters. The monoisotopic (exact) mass is 85.1 g/mol. The van der Waals surface area contributed by atoms with E-state index >= 15 is 0 Å². The Morgan fingerprint density at radius 1 is 2.00 bits per heavy atom. The van der Waals surface area contributed by atoms with Crippen LogP contribution in [0.2, 0.25) is 0 Å². The van der Waals surface area contributed by atoms with Crippen LogP contribution in [0.5, 0.6) is 0 Å². The summed E-state index contributed by atoms with van der Waals surface area (Å²) >= 11 is 0. The van der Waals surface area contributed by atoms with E-state index in [2.05, 4.69) is 6.92 Å². The van der Waals surface area contributed by atoms with E-state index in [4.69, 9.17) is 5.11 Å². The maximum Gasteiger partial charge on any atom is 0.0614 e. The van der Waals surface area contributed by atoms with Crippen LogP contribution in [0.1, 0.15) is 6.92 Å². The smallest absolute Gasteiger partial charge is 0.0614 e. The highest BCUT2D eigenvalue weighted by Gasteiger charge is 1.68. The molecule has 0 aromatic rings. The number of hydrogen-bond donors (Lipinski definition) is 1. The van der Waals surface area contributed by atoms with Crippen LogP contribution in [-0.4, -0.2) is 11.7 Å². The third-order valence-corrected chi connectivity index (χ3v) is 0.440. The van der Waals surface area contributed by atoms with Gasteiger partial charge in [0.15, 0.2) is 0 Å². The summed E-state index contributed by atoms with van der Waals surface area (Å²) in [5.74, 6) is 0. The zero-order valence-electron chi connectivity index (χ0n) is 3.94. The Kier molecular flexibility index (Phi) is 2.77. The second-order valence-electron chi connectivity index (χ2n) is 1.23. The number of rotatable bonds is 1. The summed E-state index contributed by atoms with van der Waals surface area (Å²) in [4.78, 5) is 0. The van der Waals surface area contributed by atoms with E-state index in [0.717, 1.165) is 5.57 Å². The van der Waals surface area contributed by atoms with E-state index in [-0.39, 0.29) is 6.61 Å². The van der Waals surface area contributed by atoms with Gasteiger partial charge >= 0.3 is 0 Å². The van der Waals surface area contributed by atoms with Crippen molar-refractivity contribution >= 4 is 0 Å². The molecule has 0 aromatic heterocycles. The molecule has 0 saturated carbocycles. The Morgan fingerprint density at radius 2 is 2.50 bits per heavy atom. The van der Waals surface area contributed by atoms with E-state index in [0.29, 0.717) is 0 Å². The molecule has 0 aliphatic heterocycles. The highest BCUT2D eigenvalue weighted by Crippen LogP contribution is 1.82. The largest absolute Gasteiger partial charge is 0.392 e. The van der Waals surface area contributed by atoms with Gasteiger partial charge in [-0.05, 0) is 13.8 Å². The van der Waals surface area contributed by atoms with Gasteiger partial charge in [0, 0.05) is 0 Å². The van der Waals surface area contributed by atoms with Gasteiger partial charge in [0.2, 0.25) is 0 Å². The van der Waals surface area contributed by atoms with E-state index in [9.17, 15) is 0 Å². The third-order valence-electron chi connectivity index (χ3n) is 0.440. The molecule has 0 amide bonds. The first-order valence-electron chi connectivity index (χ1n) is 1.87. The second-order valence-corrected chi connectivity index (χ2v) is 1.23. The van der Waals surface area contributed by atoms with Gasteiger partial charge in [-0.15, -0.1) is 0 Å². The number of hydrogen-bond acceptors (Lipinski definition) is 1. The highest BCUT2D eigenvalue weighted by molar-refractivity contribution is 5.00. The number of allylic oxidation sites excluding steroid dienone is 1. The molecular formula is C5H9O. The molecule has 35 valence electrons. The predicted molar refractivity (Wildman–Crippen MR) is 26.2 cm³/mol. The maximum atomic E-state index is 8.12. The van der Waals surface area contributed by atoms with E-state index in [1.165, 1.54) is 0 Å². The van der Waals surface area contributed by atoms with E-state index < -0.39 is 0 Å². The lowest BCUT2D eigenvalue weighted by Gasteiger charge is -1.79. The van der Waals surface area contributed by atoms with Crippen molar-refractivity contribution in [2.45, 2.75) is 6.92 Å². The molecule has 0 aliphatic rings. The minimum Gasteiger partial charge on any atom is -0.392 e. The molecule has 0 unspecified atom stereocenters. The Morgan fingerprint density at radius 3 is 2.50 bits per heavy atom. The van der Waals surface area contributed by atoms with Crippen LogP contribution in [0.3, 0.4) is 0 Å². The molecule has 0 saturated heterocycles. The summed E-state index contributed by atoms with van der Waals surface area (Å²) < 4.78 is 0. The lowest BCUT2D eigenvalue weighted by molar-refractivity contribution is 0.342.